The molecule has 21 heavy (non-hydrogen) atoms. The van der Waals surface area contributed by atoms with Crippen molar-refractivity contribution >= 4 is 6.29 Å². The quantitative estimate of drug-likeness (QED) is 0.858. The van der Waals surface area contributed by atoms with Gasteiger partial charge < -0.3 is 10.1 Å². The van der Waals surface area contributed by atoms with E-state index in [1.54, 1.807) is 6.07 Å². The Hall–Kier alpha value is -1.22. The molecule has 1 aromatic carbocycles. The van der Waals surface area contributed by atoms with Crippen LogP contribution in [0.25, 0.3) is 0 Å². The molecule has 1 N–H and O–H groups in total. The van der Waals surface area contributed by atoms with Gasteiger partial charge in [-0.05, 0) is 41.9 Å². The van der Waals surface area contributed by atoms with Gasteiger partial charge in [0.15, 0.2) is 0 Å². The molecule has 1 aromatic rings. The highest BCUT2D eigenvalue weighted by Gasteiger charge is 2.43. The fraction of sp³-hybridized carbons (Fsp3) is 0.611. The van der Waals surface area contributed by atoms with Crippen LogP contribution in [0, 0.1) is 24.1 Å². The molecule has 0 aliphatic carbocycles. The Labute approximate surface area is 127 Å². The molecule has 0 spiro atoms. The smallest absolute Gasteiger partial charge is 0.137 e. The molecule has 0 aromatic heterocycles. The van der Waals surface area contributed by atoms with Crippen molar-refractivity contribution in [2.75, 3.05) is 0 Å². The molecule has 1 aliphatic rings. The van der Waals surface area contributed by atoms with E-state index in [2.05, 4.69) is 26.1 Å². The summed E-state index contributed by atoms with van der Waals surface area (Å²) in [4.78, 5) is 11.3. The summed E-state index contributed by atoms with van der Waals surface area (Å²) in [6, 6.07) is 5.37. The second-order valence-electron chi connectivity index (χ2n) is 7.61. The normalized spacial score (nSPS) is 29.6. The third-order valence-corrected chi connectivity index (χ3v) is 4.47. The number of hydrogen-bond acceptors (Lipinski definition) is 2. The second kappa shape index (κ2) is 5.88. The monoisotopic (exact) mass is 291 g/mol. The lowest BCUT2D eigenvalue weighted by atomic mass is 9.77. The first kappa shape index (κ1) is 16.2. The third kappa shape index (κ3) is 3.52. The predicted octanol–water partition coefficient (Wildman–Crippen LogP) is 3.83. The van der Waals surface area contributed by atoms with Crippen molar-refractivity contribution in [3.8, 4) is 0 Å². The van der Waals surface area contributed by atoms with E-state index in [0.717, 1.165) is 23.8 Å². The SMILES string of the molecule is Cc1ccc(C2[C@H](C)C(C=O)N[C@@H]2CC(C)(C)C)c(F)c1. The molecule has 2 rings (SSSR count). The predicted molar refractivity (Wildman–Crippen MR) is 83.9 cm³/mol. The maximum absolute atomic E-state index is 14.4. The molecule has 2 unspecified atom stereocenters. The number of nitrogens with one attached hydrogen (secondary N) is 1. The van der Waals surface area contributed by atoms with Crippen LogP contribution in [0.3, 0.4) is 0 Å². The Morgan fingerprint density at radius 1 is 1.33 bits per heavy atom. The molecule has 0 bridgehead atoms. The Bertz CT molecular complexity index is 520. The standard InChI is InChI=1S/C18H26FNO/c1-11-6-7-13(14(19)8-11)17-12(2)16(10-21)20-15(17)9-18(3,4)5/h6-8,10,12,15-17,20H,9H2,1-5H3/t12-,15-,16?,17?/m1/s1. The summed E-state index contributed by atoms with van der Waals surface area (Å²) in [6.07, 6.45) is 1.88. The van der Waals surface area contributed by atoms with E-state index in [1.807, 2.05) is 26.0 Å². The van der Waals surface area contributed by atoms with E-state index in [4.69, 9.17) is 0 Å². The van der Waals surface area contributed by atoms with Crippen LogP contribution in [-0.2, 0) is 4.79 Å². The number of aryl methyl sites for hydroxylation is 1. The van der Waals surface area contributed by atoms with Crippen LogP contribution in [0.4, 0.5) is 4.39 Å². The van der Waals surface area contributed by atoms with Crippen molar-refractivity contribution in [2.45, 2.75) is 59.0 Å². The fourth-order valence-electron chi connectivity index (χ4n) is 3.50. The van der Waals surface area contributed by atoms with Crippen LogP contribution in [-0.4, -0.2) is 18.4 Å². The number of halogens is 1. The lowest BCUT2D eigenvalue weighted by Gasteiger charge is -2.29. The van der Waals surface area contributed by atoms with E-state index in [-0.39, 0.29) is 35.2 Å². The zero-order valence-electron chi connectivity index (χ0n) is 13.6. The minimum absolute atomic E-state index is 0.0417. The summed E-state index contributed by atoms with van der Waals surface area (Å²) in [6.45, 7) is 10.5. The van der Waals surface area contributed by atoms with Gasteiger partial charge in [-0.25, -0.2) is 4.39 Å². The first-order valence-electron chi connectivity index (χ1n) is 7.70. The summed E-state index contributed by atoms with van der Waals surface area (Å²) in [7, 11) is 0. The zero-order chi connectivity index (χ0) is 15.8. The van der Waals surface area contributed by atoms with Crippen LogP contribution < -0.4 is 5.32 Å². The topological polar surface area (TPSA) is 29.1 Å². The summed E-state index contributed by atoms with van der Waals surface area (Å²) in [5.41, 5.74) is 1.79. The first-order chi connectivity index (χ1) is 9.73. The molecule has 1 saturated heterocycles. The third-order valence-electron chi connectivity index (χ3n) is 4.47. The van der Waals surface area contributed by atoms with Crippen LogP contribution >= 0.6 is 0 Å². The lowest BCUT2D eigenvalue weighted by molar-refractivity contribution is -0.110. The van der Waals surface area contributed by atoms with Gasteiger partial charge in [0.1, 0.15) is 12.1 Å². The molecule has 1 heterocycles. The Morgan fingerprint density at radius 2 is 2.00 bits per heavy atom. The van der Waals surface area contributed by atoms with Crippen LogP contribution in [0.1, 0.15) is 51.2 Å². The molecule has 4 atom stereocenters. The summed E-state index contributed by atoms with van der Waals surface area (Å²) < 4.78 is 14.4. The van der Waals surface area contributed by atoms with Gasteiger partial charge in [0.05, 0.1) is 6.04 Å². The number of aldehydes is 1. The molecular formula is C18H26FNO. The largest absolute Gasteiger partial charge is 0.304 e. The molecule has 2 nitrogen and oxygen atoms in total. The molecule has 1 aliphatic heterocycles. The minimum Gasteiger partial charge on any atom is -0.304 e. The summed E-state index contributed by atoms with van der Waals surface area (Å²) >= 11 is 0. The number of rotatable bonds is 3. The summed E-state index contributed by atoms with van der Waals surface area (Å²) in [5.74, 6) is -0.00816. The molecule has 0 radical (unpaired) electrons. The molecule has 0 saturated carbocycles. The van der Waals surface area contributed by atoms with Gasteiger partial charge in [-0.1, -0.05) is 39.8 Å². The van der Waals surface area contributed by atoms with Gasteiger partial charge in [0.25, 0.3) is 0 Å². The zero-order valence-corrected chi connectivity index (χ0v) is 13.6. The highest BCUT2D eigenvalue weighted by Crippen LogP contribution is 2.41. The van der Waals surface area contributed by atoms with Crippen LogP contribution in [0.2, 0.25) is 0 Å². The minimum atomic E-state index is -0.192. The van der Waals surface area contributed by atoms with E-state index in [0.29, 0.717) is 0 Å². The average molecular weight is 291 g/mol. The van der Waals surface area contributed by atoms with Gasteiger partial charge >= 0.3 is 0 Å². The number of carbonyl (C=O) groups is 1. The number of carbonyl (C=O) groups excluding carboxylic acids is 1. The van der Waals surface area contributed by atoms with Crippen molar-refractivity contribution in [3.63, 3.8) is 0 Å². The molecule has 1 fully saturated rings. The van der Waals surface area contributed by atoms with Gasteiger partial charge in [0, 0.05) is 12.0 Å². The van der Waals surface area contributed by atoms with Crippen molar-refractivity contribution in [3.05, 3.63) is 35.1 Å². The van der Waals surface area contributed by atoms with E-state index in [9.17, 15) is 9.18 Å². The van der Waals surface area contributed by atoms with Gasteiger partial charge in [-0.2, -0.15) is 0 Å². The number of benzene rings is 1. The highest BCUT2D eigenvalue weighted by atomic mass is 19.1. The first-order valence-corrected chi connectivity index (χ1v) is 7.70. The van der Waals surface area contributed by atoms with Crippen molar-refractivity contribution in [1.82, 2.24) is 5.32 Å². The van der Waals surface area contributed by atoms with Crippen molar-refractivity contribution in [2.24, 2.45) is 11.3 Å². The van der Waals surface area contributed by atoms with Crippen molar-refractivity contribution in [1.29, 1.82) is 0 Å². The molecule has 0 amide bonds. The highest BCUT2D eigenvalue weighted by molar-refractivity contribution is 5.60. The van der Waals surface area contributed by atoms with Gasteiger partial charge in [-0.15, -0.1) is 0 Å². The van der Waals surface area contributed by atoms with Gasteiger partial charge in [-0.3, -0.25) is 0 Å². The number of hydrogen-bond donors (Lipinski definition) is 1. The van der Waals surface area contributed by atoms with Crippen molar-refractivity contribution < 1.29 is 9.18 Å². The lowest BCUT2D eigenvalue weighted by Crippen LogP contribution is -2.35. The Kier molecular flexibility index (Phi) is 4.52. The second-order valence-corrected chi connectivity index (χ2v) is 7.61. The average Bonchev–Trinajstić information content (AvgIpc) is 2.64. The van der Waals surface area contributed by atoms with Crippen LogP contribution in [0.5, 0.6) is 0 Å². The van der Waals surface area contributed by atoms with E-state index in [1.165, 1.54) is 0 Å². The Balaban J connectivity index is 2.37. The summed E-state index contributed by atoms with van der Waals surface area (Å²) in [5, 5.41) is 3.40. The fourth-order valence-corrected chi connectivity index (χ4v) is 3.50. The maximum atomic E-state index is 14.4. The van der Waals surface area contributed by atoms with E-state index < -0.39 is 0 Å². The molecule has 3 heteroatoms. The van der Waals surface area contributed by atoms with Crippen LogP contribution in [0.15, 0.2) is 18.2 Å². The van der Waals surface area contributed by atoms with Gasteiger partial charge in [0.2, 0.25) is 0 Å². The van der Waals surface area contributed by atoms with E-state index >= 15 is 0 Å². The molecule has 116 valence electrons. The maximum Gasteiger partial charge on any atom is 0.137 e. The Morgan fingerprint density at radius 3 is 2.52 bits per heavy atom. The molecular weight excluding hydrogens is 265 g/mol.